The predicted octanol–water partition coefficient (Wildman–Crippen LogP) is 0.898. The summed E-state index contributed by atoms with van der Waals surface area (Å²) in [4.78, 5) is 8.65. The van der Waals surface area contributed by atoms with Gasteiger partial charge in [-0.2, -0.15) is 0 Å². The maximum absolute atomic E-state index is 4.35. The number of nitrogens with zero attached hydrogens (tertiary/aromatic N) is 2. The lowest BCUT2D eigenvalue weighted by Gasteiger charge is -2.10. The van der Waals surface area contributed by atoms with Gasteiger partial charge >= 0.3 is 0 Å². The molecule has 2 heterocycles. The van der Waals surface area contributed by atoms with Crippen LogP contribution in [0.3, 0.4) is 0 Å². The molecule has 1 saturated heterocycles. The van der Waals surface area contributed by atoms with Gasteiger partial charge in [0.1, 0.15) is 5.03 Å². The molecule has 1 aliphatic rings. The highest BCUT2D eigenvalue weighted by molar-refractivity contribution is 7.98. The van der Waals surface area contributed by atoms with Crippen molar-refractivity contribution >= 4 is 11.8 Å². The molecule has 0 bridgehead atoms. The number of hydrogen-bond donors (Lipinski definition) is 2. The van der Waals surface area contributed by atoms with Crippen molar-refractivity contribution in [1.82, 2.24) is 20.6 Å². The summed E-state index contributed by atoms with van der Waals surface area (Å²) >= 11 is 1.65. The molecule has 5 heteroatoms. The summed E-state index contributed by atoms with van der Waals surface area (Å²) in [7, 11) is 0. The van der Waals surface area contributed by atoms with Crippen molar-refractivity contribution in [3.8, 4) is 0 Å². The highest BCUT2D eigenvalue weighted by Crippen LogP contribution is 2.14. The number of rotatable bonds is 5. The van der Waals surface area contributed by atoms with Crippen molar-refractivity contribution in [3.05, 3.63) is 18.1 Å². The van der Waals surface area contributed by atoms with Crippen LogP contribution in [0.5, 0.6) is 0 Å². The average Bonchev–Trinajstić information content (AvgIpc) is 2.83. The van der Waals surface area contributed by atoms with Crippen LogP contribution < -0.4 is 10.6 Å². The standard InChI is InChI=1S/C11H18N4S/c1-16-11-10(14-4-5-15-11)8-13-7-9-2-3-12-6-9/h4-5,9,12-13H,2-3,6-8H2,1H3/t9-/m1/s1. The SMILES string of the molecule is CSc1nccnc1CNC[C@@H]1CCNC1. The highest BCUT2D eigenvalue weighted by Gasteiger charge is 2.13. The first-order valence-electron chi connectivity index (χ1n) is 5.65. The van der Waals surface area contributed by atoms with Crippen molar-refractivity contribution in [2.45, 2.75) is 18.0 Å². The van der Waals surface area contributed by atoms with Gasteiger partial charge in [0, 0.05) is 18.9 Å². The summed E-state index contributed by atoms with van der Waals surface area (Å²) < 4.78 is 0. The fraction of sp³-hybridized carbons (Fsp3) is 0.636. The van der Waals surface area contributed by atoms with Crippen LogP contribution in [0.25, 0.3) is 0 Å². The third-order valence-corrected chi connectivity index (χ3v) is 3.54. The van der Waals surface area contributed by atoms with E-state index in [1.54, 1.807) is 24.2 Å². The smallest absolute Gasteiger partial charge is 0.119 e. The number of aromatic nitrogens is 2. The van der Waals surface area contributed by atoms with Gasteiger partial charge in [0.05, 0.1) is 5.69 Å². The van der Waals surface area contributed by atoms with E-state index in [0.717, 1.165) is 42.8 Å². The molecule has 2 N–H and O–H groups in total. The van der Waals surface area contributed by atoms with Gasteiger partial charge in [-0.05, 0) is 38.2 Å². The second-order valence-corrected chi connectivity index (χ2v) is 4.80. The number of nitrogens with one attached hydrogen (secondary N) is 2. The van der Waals surface area contributed by atoms with Gasteiger partial charge in [-0.3, -0.25) is 4.98 Å². The fourth-order valence-corrected chi connectivity index (χ4v) is 2.46. The summed E-state index contributed by atoms with van der Waals surface area (Å²) in [6, 6.07) is 0. The molecule has 0 spiro atoms. The van der Waals surface area contributed by atoms with E-state index in [1.807, 2.05) is 6.26 Å². The molecule has 16 heavy (non-hydrogen) atoms. The molecular formula is C11H18N4S. The molecule has 1 atom stereocenters. The molecule has 1 aliphatic heterocycles. The summed E-state index contributed by atoms with van der Waals surface area (Å²) in [6.45, 7) is 4.19. The normalized spacial score (nSPS) is 20.2. The largest absolute Gasteiger partial charge is 0.316 e. The highest BCUT2D eigenvalue weighted by atomic mass is 32.2. The summed E-state index contributed by atoms with van der Waals surface area (Å²) in [5, 5.41) is 7.86. The van der Waals surface area contributed by atoms with Crippen LogP contribution in [-0.2, 0) is 6.54 Å². The van der Waals surface area contributed by atoms with Crippen LogP contribution in [0, 0.1) is 5.92 Å². The summed E-state index contributed by atoms with van der Waals surface area (Å²) in [5.74, 6) is 0.773. The topological polar surface area (TPSA) is 49.8 Å². The van der Waals surface area contributed by atoms with Crippen LogP contribution >= 0.6 is 11.8 Å². The molecule has 0 saturated carbocycles. The molecule has 1 aromatic heterocycles. The van der Waals surface area contributed by atoms with Crippen molar-refractivity contribution in [3.63, 3.8) is 0 Å². The Kier molecular flexibility index (Phi) is 4.56. The van der Waals surface area contributed by atoms with Gasteiger partial charge in [-0.15, -0.1) is 11.8 Å². The van der Waals surface area contributed by atoms with Crippen LogP contribution in [0.4, 0.5) is 0 Å². The minimum absolute atomic E-state index is 0.773. The zero-order valence-corrected chi connectivity index (χ0v) is 10.4. The van der Waals surface area contributed by atoms with E-state index in [2.05, 4.69) is 20.6 Å². The molecule has 0 radical (unpaired) electrons. The first kappa shape index (κ1) is 11.8. The zero-order chi connectivity index (χ0) is 11.2. The van der Waals surface area contributed by atoms with Crippen LogP contribution in [0.2, 0.25) is 0 Å². The van der Waals surface area contributed by atoms with Gasteiger partial charge in [-0.1, -0.05) is 0 Å². The Balaban J connectivity index is 1.79. The quantitative estimate of drug-likeness (QED) is 0.746. The first-order chi connectivity index (χ1) is 7.90. The molecule has 1 fully saturated rings. The molecule has 0 amide bonds. The Bertz CT molecular complexity index is 326. The molecule has 88 valence electrons. The van der Waals surface area contributed by atoms with Gasteiger partial charge < -0.3 is 10.6 Å². The minimum atomic E-state index is 0.773. The maximum Gasteiger partial charge on any atom is 0.119 e. The second-order valence-electron chi connectivity index (χ2n) is 4.00. The Labute approximate surface area is 101 Å². The Morgan fingerprint density at radius 1 is 1.50 bits per heavy atom. The van der Waals surface area contributed by atoms with Gasteiger partial charge in [0.2, 0.25) is 0 Å². The van der Waals surface area contributed by atoms with Gasteiger partial charge in [0.15, 0.2) is 0 Å². The Morgan fingerprint density at radius 3 is 3.12 bits per heavy atom. The lowest BCUT2D eigenvalue weighted by atomic mass is 10.1. The zero-order valence-electron chi connectivity index (χ0n) is 9.57. The lowest BCUT2D eigenvalue weighted by Crippen LogP contribution is -2.24. The van der Waals surface area contributed by atoms with Crippen molar-refractivity contribution in [1.29, 1.82) is 0 Å². The van der Waals surface area contributed by atoms with E-state index >= 15 is 0 Å². The minimum Gasteiger partial charge on any atom is -0.316 e. The van der Waals surface area contributed by atoms with Crippen LogP contribution in [0.1, 0.15) is 12.1 Å². The third kappa shape index (κ3) is 3.17. The lowest BCUT2D eigenvalue weighted by molar-refractivity contribution is 0.506. The molecule has 0 aliphatic carbocycles. The molecule has 0 aromatic carbocycles. The molecule has 4 nitrogen and oxygen atoms in total. The summed E-state index contributed by atoms with van der Waals surface area (Å²) in [6.07, 6.45) is 6.82. The predicted molar refractivity (Wildman–Crippen MR) is 66.5 cm³/mol. The van der Waals surface area contributed by atoms with E-state index < -0.39 is 0 Å². The third-order valence-electron chi connectivity index (χ3n) is 2.82. The fourth-order valence-electron chi connectivity index (χ4n) is 1.93. The summed E-state index contributed by atoms with van der Waals surface area (Å²) in [5.41, 5.74) is 1.06. The van der Waals surface area contributed by atoms with E-state index in [1.165, 1.54) is 6.42 Å². The van der Waals surface area contributed by atoms with Gasteiger partial charge in [-0.25, -0.2) is 4.98 Å². The molecule has 1 aromatic rings. The van der Waals surface area contributed by atoms with Crippen LogP contribution in [0.15, 0.2) is 17.4 Å². The Hall–Kier alpha value is -0.650. The Morgan fingerprint density at radius 2 is 2.38 bits per heavy atom. The van der Waals surface area contributed by atoms with Crippen LogP contribution in [-0.4, -0.2) is 35.9 Å². The maximum atomic E-state index is 4.35. The van der Waals surface area contributed by atoms with E-state index in [9.17, 15) is 0 Å². The number of hydrogen-bond acceptors (Lipinski definition) is 5. The van der Waals surface area contributed by atoms with E-state index in [4.69, 9.17) is 0 Å². The molecule has 0 unspecified atom stereocenters. The van der Waals surface area contributed by atoms with E-state index in [0.29, 0.717) is 0 Å². The van der Waals surface area contributed by atoms with Gasteiger partial charge in [0.25, 0.3) is 0 Å². The second kappa shape index (κ2) is 6.18. The average molecular weight is 238 g/mol. The monoisotopic (exact) mass is 238 g/mol. The van der Waals surface area contributed by atoms with E-state index in [-0.39, 0.29) is 0 Å². The van der Waals surface area contributed by atoms with Crippen molar-refractivity contribution < 1.29 is 0 Å². The van der Waals surface area contributed by atoms with Crippen molar-refractivity contribution in [2.75, 3.05) is 25.9 Å². The molecule has 2 rings (SSSR count). The molecular weight excluding hydrogens is 220 g/mol. The number of thioether (sulfide) groups is 1. The van der Waals surface area contributed by atoms with Crippen molar-refractivity contribution in [2.24, 2.45) is 5.92 Å². The first-order valence-corrected chi connectivity index (χ1v) is 6.88.